The lowest BCUT2D eigenvalue weighted by Gasteiger charge is -2.21. The van der Waals surface area contributed by atoms with E-state index in [2.05, 4.69) is 4.90 Å². The zero-order chi connectivity index (χ0) is 13.5. The van der Waals surface area contributed by atoms with Gasteiger partial charge in [0.05, 0.1) is 5.56 Å². The maximum Gasteiger partial charge on any atom is 0.335 e. The van der Waals surface area contributed by atoms with Gasteiger partial charge in [0.15, 0.2) is 0 Å². The molecule has 0 aromatic heterocycles. The monoisotopic (exact) mass is 251 g/mol. The number of aromatic carboxylic acids is 1. The summed E-state index contributed by atoms with van der Waals surface area (Å²) in [6, 6.07) is 5.18. The molecule has 0 atom stereocenters. The maximum absolute atomic E-state index is 10.8. The number of carboxylic acids is 1. The van der Waals surface area contributed by atoms with E-state index in [1.807, 2.05) is 20.0 Å². The molecule has 0 fully saturated rings. The van der Waals surface area contributed by atoms with Crippen LogP contribution in [0.1, 0.15) is 35.2 Å². The molecule has 0 saturated heterocycles. The fourth-order valence-corrected chi connectivity index (χ4v) is 1.97. The zero-order valence-corrected chi connectivity index (χ0v) is 11.0. The van der Waals surface area contributed by atoms with Crippen molar-refractivity contribution in [1.29, 1.82) is 0 Å². The molecule has 0 spiro atoms. The first-order valence-electron chi connectivity index (χ1n) is 6.22. The summed E-state index contributed by atoms with van der Waals surface area (Å²) < 4.78 is 0. The molecule has 0 bridgehead atoms. The lowest BCUT2D eigenvalue weighted by molar-refractivity contribution is 0.0697. The molecule has 0 saturated carbocycles. The lowest BCUT2D eigenvalue weighted by atomic mass is 10.1. The molecule has 2 N–H and O–H groups in total. The largest absolute Gasteiger partial charge is 0.478 e. The van der Waals surface area contributed by atoms with Crippen molar-refractivity contribution in [3.05, 3.63) is 29.3 Å². The predicted octanol–water partition coefficient (Wildman–Crippen LogP) is 2.29. The number of benzene rings is 1. The Morgan fingerprint density at radius 3 is 2.56 bits per heavy atom. The van der Waals surface area contributed by atoms with Crippen LogP contribution in [0.15, 0.2) is 18.2 Å². The standard InChI is InChI=1S/C14H21NO3/c1-11-10-12(14(17)18)6-7-13(11)15(2)8-4-3-5-9-16/h6-7,10,16H,3-5,8-9H2,1-2H3,(H,17,18). The third kappa shape index (κ3) is 4.04. The van der Waals surface area contributed by atoms with Crippen LogP contribution in [0.25, 0.3) is 0 Å². The molecule has 0 heterocycles. The zero-order valence-electron chi connectivity index (χ0n) is 11.0. The van der Waals surface area contributed by atoms with Gasteiger partial charge < -0.3 is 15.1 Å². The van der Waals surface area contributed by atoms with E-state index in [0.717, 1.165) is 37.1 Å². The Morgan fingerprint density at radius 2 is 2.00 bits per heavy atom. The Balaban J connectivity index is 2.62. The number of hydrogen-bond acceptors (Lipinski definition) is 3. The number of aryl methyl sites for hydroxylation is 1. The van der Waals surface area contributed by atoms with Crippen molar-refractivity contribution >= 4 is 11.7 Å². The number of aliphatic hydroxyl groups is 1. The number of unbranched alkanes of at least 4 members (excludes halogenated alkanes) is 2. The molecule has 0 aliphatic carbocycles. The fourth-order valence-electron chi connectivity index (χ4n) is 1.97. The van der Waals surface area contributed by atoms with Crippen molar-refractivity contribution in [3.8, 4) is 0 Å². The molecule has 0 amide bonds. The highest BCUT2D eigenvalue weighted by molar-refractivity contribution is 5.88. The number of aliphatic hydroxyl groups excluding tert-OH is 1. The number of rotatable bonds is 7. The molecule has 0 aliphatic heterocycles. The summed E-state index contributed by atoms with van der Waals surface area (Å²) in [5.74, 6) is -0.893. The molecule has 1 aromatic carbocycles. The van der Waals surface area contributed by atoms with Crippen LogP contribution in [0.5, 0.6) is 0 Å². The molecular weight excluding hydrogens is 230 g/mol. The van der Waals surface area contributed by atoms with Crippen molar-refractivity contribution in [2.45, 2.75) is 26.2 Å². The summed E-state index contributed by atoms with van der Waals surface area (Å²) in [4.78, 5) is 13.0. The van der Waals surface area contributed by atoms with Crippen LogP contribution >= 0.6 is 0 Å². The molecule has 18 heavy (non-hydrogen) atoms. The van der Waals surface area contributed by atoms with Gasteiger partial charge in [-0.25, -0.2) is 4.79 Å². The fraction of sp³-hybridized carbons (Fsp3) is 0.500. The molecule has 1 aromatic rings. The minimum Gasteiger partial charge on any atom is -0.478 e. The summed E-state index contributed by atoms with van der Waals surface area (Å²) in [5.41, 5.74) is 2.36. The topological polar surface area (TPSA) is 60.8 Å². The van der Waals surface area contributed by atoms with Gasteiger partial charge in [-0.2, -0.15) is 0 Å². The van der Waals surface area contributed by atoms with Crippen molar-refractivity contribution in [2.24, 2.45) is 0 Å². The molecule has 0 radical (unpaired) electrons. The van der Waals surface area contributed by atoms with Gasteiger partial charge in [-0.3, -0.25) is 0 Å². The number of anilines is 1. The average Bonchev–Trinajstić information content (AvgIpc) is 2.34. The summed E-state index contributed by atoms with van der Waals surface area (Å²) in [6.45, 7) is 3.08. The van der Waals surface area contributed by atoms with Gasteiger partial charge in [0.1, 0.15) is 0 Å². The Labute approximate surface area is 108 Å². The van der Waals surface area contributed by atoms with E-state index in [0.29, 0.717) is 5.56 Å². The average molecular weight is 251 g/mol. The molecule has 4 heteroatoms. The van der Waals surface area contributed by atoms with E-state index in [1.165, 1.54) is 0 Å². The minimum atomic E-state index is -0.893. The van der Waals surface area contributed by atoms with Crippen LogP contribution in [-0.4, -0.2) is 36.4 Å². The van der Waals surface area contributed by atoms with E-state index in [1.54, 1.807) is 12.1 Å². The van der Waals surface area contributed by atoms with E-state index in [-0.39, 0.29) is 6.61 Å². The Kier molecular flexibility index (Phi) is 5.65. The summed E-state index contributed by atoms with van der Waals surface area (Å²) in [6.07, 6.45) is 2.87. The van der Waals surface area contributed by atoms with Crippen LogP contribution < -0.4 is 4.90 Å². The molecule has 0 aliphatic rings. The van der Waals surface area contributed by atoms with Crippen LogP contribution in [-0.2, 0) is 0 Å². The summed E-state index contributed by atoms with van der Waals surface area (Å²) in [7, 11) is 2.00. The first-order chi connectivity index (χ1) is 8.56. The lowest BCUT2D eigenvalue weighted by Crippen LogP contribution is -2.19. The summed E-state index contributed by atoms with van der Waals surface area (Å²) >= 11 is 0. The van der Waals surface area contributed by atoms with Crippen LogP contribution in [0.3, 0.4) is 0 Å². The third-order valence-electron chi connectivity index (χ3n) is 3.01. The number of nitrogens with zero attached hydrogens (tertiary/aromatic N) is 1. The molecule has 100 valence electrons. The Hall–Kier alpha value is -1.55. The Morgan fingerprint density at radius 1 is 1.28 bits per heavy atom. The van der Waals surface area contributed by atoms with Crippen molar-refractivity contribution < 1.29 is 15.0 Å². The quantitative estimate of drug-likeness (QED) is 0.730. The van der Waals surface area contributed by atoms with E-state index in [9.17, 15) is 4.79 Å². The molecular formula is C14H21NO3. The highest BCUT2D eigenvalue weighted by Gasteiger charge is 2.08. The van der Waals surface area contributed by atoms with Gasteiger partial charge in [0, 0.05) is 25.9 Å². The van der Waals surface area contributed by atoms with Gasteiger partial charge in [-0.1, -0.05) is 0 Å². The second-order valence-corrected chi connectivity index (χ2v) is 4.51. The van der Waals surface area contributed by atoms with Gasteiger partial charge >= 0.3 is 5.97 Å². The first-order valence-corrected chi connectivity index (χ1v) is 6.22. The van der Waals surface area contributed by atoms with Gasteiger partial charge in [0.25, 0.3) is 0 Å². The number of carboxylic acid groups (broad SMARTS) is 1. The van der Waals surface area contributed by atoms with Gasteiger partial charge in [0.2, 0.25) is 0 Å². The summed E-state index contributed by atoms with van der Waals surface area (Å²) in [5, 5.41) is 17.6. The molecule has 1 rings (SSSR count). The molecule has 4 nitrogen and oxygen atoms in total. The van der Waals surface area contributed by atoms with E-state index in [4.69, 9.17) is 10.2 Å². The maximum atomic E-state index is 10.8. The molecule has 0 unspecified atom stereocenters. The Bertz CT molecular complexity index is 404. The van der Waals surface area contributed by atoms with E-state index >= 15 is 0 Å². The normalized spacial score (nSPS) is 10.4. The second kappa shape index (κ2) is 7.01. The van der Waals surface area contributed by atoms with Gasteiger partial charge in [-0.05, 0) is 49.9 Å². The van der Waals surface area contributed by atoms with Crippen molar-refractivity contribution in [2.75, 3.05) is 25.1 Å². The third-order valence-corrected chi connectivity index (χ3v) is 3.01. The van der Waals surface area contributed by atoms with E-state index < -0.39 is 5.97 Å². The highest BCUT2D eigenvalue weighted by atomic mass is 16.4. The number of hydrogen-bond donors (Lipinski definition) is 2. The van der Waals surface area contributed by atoms with Crippen molar-refractivity contribution in [3.63, 3.8) is 0 Å². The second-order valence-electron chi connectivity index (χ2n) is 4.51. The van der Waals surface area contributed by atoms with Crippen LogP contribution in [0.2, 0.25) is 0 Å². The SMILES string of the molecule is Cc1cc(C(=O)O)ccc1N(C)CCCCCO. The smallest absolute Gasteiger partial charge is 0.335 e. The first kappa shape index (κ1) is 14.5. The number of carbonyl (C=O) groups is 1. The predicted molar refractivity (Wildman–Crippen MR) is 72.3 cm³/mol. The van der Waals surface area contributed by atoms with Crippen molar-refractivity contribution in [1.82, 2.24) is 0 Å². The minimum absolute atomic E-state index is 0.246. The van der Waals surface area contributed by atoms with Crippen LogP contribution in [0.4, 0.5) is 5.69 Å². The highest BCUT2D eigenvalue weighted by Crippen LogP contribution is 2.20. The van der Waals surface area contributed by atoms with Gasteiger partial charge in [-0.15, -0.1) is 0 Å². The van der Waals surface area contributed by atoms with Crippen LogP contribution in [0, 0.1) is 6.92 Å².